The Balaban J connectivity index is 1.40. The lowest BCUT2D eigenvalue weighted by molar-refractivity contribution is -0.141. The number of nitrogens with zero attached hydrogens (tertiary/aromatic N) is 4. The van der Waals surface area contributed by atoms with E-state index in [1.807, 2.05) is 53.4 Å². The lowest BCUT2D eigenvalue weighted by Crippen LogP contribution is -2.56. The van der Waals surface area contributed by atoms with Gasteiger partial charge in [0.05, 0.1) is 18.8 Å². The van der Waals surface area contributed by atoms with Gasteiger partial charge in [-0.1, -0.05) is 60.7 Å². The quantitative estimate of drug-likeness (QED) is 0.300. The topological polar surface area (TPSA) is 128 Å². The highest BCUT2D eigenvalue weighted by atomic mass is 16.5. The van der Waals surface area contributed by atoms with Gasteiger partial charge in [-0.2, -0.15) is 0 Å². The third-order valence-corrected chi connectivity index (χ3v) is 6.98. The number of anilines is 1. The molecule has 1 aromatic heterocycles. The van der Waals surface area contributed by atoms with Gasteiger partial charge in [-0.3, -0.25) is 0 Å². The Labute approximate surface area is 233 Å². The number of ether oxygens (including phenoxy) is 1. The SMILES string of the molecule is CCOC(=O)C1=C(C(C)(C)O)NC(Nc2ccccc2)CN1CC1=CCC(c2ccccc2-c2nnn[nH]2)C=C1. The van der Waals surface area contributed by atoms with Crippen molar-refractivity contribution < 1.29 is 14.6 Å². The summed E-state index contributed by atoms with van der Waals surface area (Å²) in [5.74, 6) is 0.339. The van der Waals surface area contributed by atoms with Crippen molar-refractivity contribution >= 4 is 11.7 Å². The number of esters is 1. The lowest BCUT2D eigenvalue weighted by Gasteiger charge is -2.42. The molecule has 3 aromatic rings. The molecule has 0 spiro atoms. The van der Waals surface area contributed by atoms with Crippen molar-refractivity contribution in [3.63, 3.8) is 0 Å². The molecule has 2 aromatic carbocycles. The molecule has 1 aliphatic carbocycles. The fourth-order valence-electron chi connectivity index (χ4n) is 5.16. The van der Waals surface area contributed by atoms with E-state index < -0.39 is 11.6 Å². The molecule has 2 heterocycles. The number of allylic oxidation sites excluding steroid dienone is 2. The zero-order valence-electron chi connectivity index (χ0n) is 23.0. The Morgan fingerprint density at radius 1 is 1.18 bits per heavy atom. The van der Waals surface area contributed by atoms with Crippen molar-refractivity contribution in [3.8, 4) is 11.4 Å². The summed E-state index contributed by atoms with van der Waals surface area (Å²) in [6.45, 7) is 6.33. The number of para-hydroxylation sites is 1. The van der Waals surface area contributed by atoms with Crippen LogP contribution in [0.2, 0.25) is 0 Å². The number of hydrogen-bond acceptors (Lipinski definition) is 9. The molecule has 40 heavy (non-hydrogen) atoms. The third kappa shape index (κ3) is 6.07. The molecule has 10 nitrogen and oxygen atoms in total. The predicted octanol–water partition coefficient (Wildman–Crippen LogP) is 3.73. The van der Waals surface area contributed by atoms with Gasteiger partial charge >= 0.3 is 5.97 Å². The molecule has 0 radical (unpaired) electrons. The van der Waals surface area contributed by atoms with Gasteiger partial charge in [0, 0.05) is 23.7 Å². The minimum atomic E-state index is -1.29. The van der Waals surface area contributed by atoms with Gasteiger partial charge in [0.2, 0.25) is 0 Å². The molecule has 0 saturated carbocycles. The van der Waals surface area contributed by atoms with Crippen molar-refractivity contribution in [3.05, 3.63) is 95.4 Å². The monoisotopic (exact) mass is 541 g/mol. The number of tetrazole rings is 1. The third-order valence-electron chi connectivity index (χ3n) is 6.98. The maximum Gasteiger partial charge on any atom is 0.356 e. The minimum absolute atomic E-state index is 0.160. The van der Waals surface area contributed by atoms with Crippen LogP contribution in [0.3, 0.4) is 0 Å². The van der Waals surface area contributed by atoms with Crippen molar-refractivity contribution in [2.24, 2.45) is 0 Å². The summed E-state index contributed by atoms with van der Waals surface area (Å²) in [4.78, 5) is 15.2. The van der Waals surface area contributed by atoms with E-state index >= 15 is 0 Å². The van der Waals surface area contributed by atoms with Gasteiger partial charge in [-0.25, -0.2) is 9.89 Å². The van der Waals surface area contributed by atoms with E-state index in [2.05, 4.69) is 55.6 Å². The Kier molecular flexibility index (Phi) is 7.97. The summed E-state index contributed by atoms with van der Waals surface area (Å²) in [5, 5.41) is 32.3. The van der Waals surface area contributed by atoms with Crippen molar-refractivity contribution in [2.75, 3.05) is 25.0 Å². The standard InChI is InChI=1S/C30H35N7O3/c1-4-40-29(38)26-27(30(2,3)39)32-25(31-22-10-6-5-7-11-22)19-37(26)18-20-14-16-21(17-15-20)23-12-8-9-13-24(23)28-33-35-36-34-28/h5-16,21,25,31-32,39H,4,17-19H2,1-3H3,(H,33,34,35,36). The van der Waals surface area contributed by atoms with Crippen molar-refractivity contribution in [1.29, 1.82) is 0 Å². The van der Waals surface area contributed by atoms with E-state index in [1.54, 1.807) is 20.8 Å². The number of aromatic nitrogens is 4. The number of nitrogens with one attached hydrogen (secondary N) is 3. The summed E-state index contributed by atoms with van der Waals surface area (Å²) in [7, 11) is 0. The van der Waals surface area contributed by atoms with E-state index in [0.717, 1.165) is 28.8 Å². The van der Waals surface area contributed by atoms with E-state index in [4.69, 9.17) is 4.74 Å². The van der Waals surface area contributed by atoms with Crippen LogP contribution in [-0.2, 0) is 9.53 Å². The summed E-state index contributed by atoms with van der Waals surface area (Å²) < 4.78 is 5.44. The molecular formula is C30H35N7O3. The molecule has 4 N–H and O–H groups in total. The second-order valence-corrected chi connectivity index (χ2v) is 10.4. The second-order valence-electron chi connectivity index (χ2n) is 10.4. The maximum absolute atomic E-state index is 13.2. The molecule has 2 atom stereocenters. The molecule has 2 aliphatic rings. The van der Waals surface area contributed by atoms with E-state index in [-0.39, 0.29) is 18.7 Å². The first-order valence-electron chi connectivity index (χ1n) is 13.5. The Hall–Kier alpha value is -4.44. The van der Waals surface area contributed by atoms with E-state index in [1.165, 1.54) is 0 Å². The number of hydrogen-bond donors (Lipinski definition) is 4. The Morgan fingerprint density at radius 2 is 1.95 bits per heavy atom. The molecule has 208 valence electrons. The van der Waals surface area contributed by atoms with Crippen LogP contribution in [0.25, 0.3) is 11.4 Å². The number of benzene rings is 2. The van der Waals surface area contributed by atoms with E-state index in [9.17, 15) is 9.90 Å². The molecule has 0 fully saturated rings. The molecule has 1 aliphatic heterocycles. The van der Waals surface area contributed by atoms with Gasteiger partial charge in [0.1, 0.15) is 17.5 Å². The maximum atomic E-state index is 13.2. The van der Waals surface area contributed by atoms with E-state index in [0.29, 0.717) is 30.3 Å². The summed E-state index contributed by atoms with van der Waals surface area (Å²) >= 11 is 0. The van der Waals surface area contributed by atoms with Crippen molar-refractivity contribution in [1.82, 2.24) is 30.8 Å². The first-order valence-corrected chi connectivity index (χ1v) is 13.5. The number of H-pyrrole nitrogens is 1. The highest BCUT2D eigenvalue weighted by Gasteiger charge is 2.38. The number of aliphatic hydroxyl groups is 1. The molecule has 0 saturated heterocycles. The zero-order valence-corrected chi connectivity index (χ0v) is 23.0. The zero-order chi connectivity index (χ0) is 28.1. The average Bonchev–Trinajstić information content (AvgIpc) is 3.49. The summed E-state index contributed by atoms with van der Waals surface area (Å²) in [5.41, 5.74) is 3.61. The lowest BCUT2D eigenvalue weighted by atomic mass is 9.87. The van der Waals surface area contributed by atoms with Crippen LogP contribution >= 0.6 is 0 Å². The molecule has 5 rings (SSSR count). The van der Waals surface area contributed by atoms with Crippen LogP contribution in [0, 0.1) is 0 Å². The Morgan fingerprint density at radius 3 is 2.62 bits per heavy atom. The van der Waals surface area contributed by atoms with Crippen LogP contribution in [0.4, 0.5) is 5.69 Å². The van der Waals surface area contributed by atoms with Crippen LogP contribution in [0.1, 0.15) is 38.7 Å². The average molecular weight is 542 g/mol. The van der Waals surface area contributed by atoms with Crippen molar-refractivity contribution in [2.45, 2.75) is 44.9 Å². The van der Waals surface area contributed by atoms with Gasteiger partial charge < -0.3 is 25.4 Å². The molecule has 2 unspecified atom stereocenters. The fourth-order valence-corrected chi connectivity index (χ4v) is 5.16. The normalized spacial score (nSPS) is 19.2. The number of carbonyl (C=O) groups excluding carboxylic acids is 1. The van der Waals surface area contributed by atoms with Crippen LogP contribution in [-0.4, -0.2) is 68.1 Å². The minimum Gasteiger partial charge on any atom is -0.461 e. The van der Waals surface area contributed by atoms with Gasteiger partial charge in [0.15, 0.2) is 5.82 Å². The second kappa shape index (κ2) is 11.7. The van der Waals surface area contributed by atoms with Gasteiger partial charge in [-0.05, 0) is 60.9 Å². The highest BCUT2D eigenvalue weighted by Crippen LogP contribution is 2.34. The largest absolute Gasteiger partial charge is 0.461 e. The highest BCUT2D eigenvalue weighted by molar-refractivity contribution is 5.89. The van der Waals surface area contributed by atoms with Crippen LogP contribution in [0.15, 0.2) is 89.8 Å². The molecule has 0 amide bonds. The number of aromatic amines is 1. The van der Waals surface area contributed by atoms with Crippen LogP contribution in [0.5, 0.6) is 0 Å². The first kappa shape index (κ1) is 27.1. The number of rotatable bonds is 9. The fraction of sp³-hybridized carbons (Fsp3) is 0.333. The molecule has 0 bridgehead atoms. The van der Waals surface area contributed by atoms with Gasteiger partial charge in [0.25, 0.3) is 0 Å². The molecule has 10 heteroatoms. The smallest absolute Gasteiger partial charge is 0.356 e. The Bertz CT molecular complexity index is 1410. The van der Waals surface area contributed by atoms with Crippen LogP contribution < -0.4 is 10.6 Å². The number of carbonyl (C=O) groups is 1. The van der Waals surface area contributed by atoms with Gasteiger partial charge in [-0.15, -0.1) is 5.10 Å². The summed E-state index contributed by atoms with van der Waals surface area (Å²) in [6, 6.07) is 18.0. The summed E-state index contributed by atoms with van der Waals surface area (Å²) in [6.07, 6.45) is 7.04. The molecular weight excluding hydrogens is 506 g/mol. The predicted molar refractivity (Wildman–Crippen MR) is 153 cm³/mol. The first-order chi connectivity index (χ1) is 19.3.